The van der Waals surface area contributed by atoms with Gasteiger partial charge in [0.15, 0.2) is 0 Å². The second kappa shape index (κ2) is 6.78. The van der Waals surface area contributed by atoms with Crippen molar-refractivity contribution in [2.75, 3.05) is 13.6 Å². The summed E-state index contributed by atoms with van der Waals surface area (Å²) in [6.07, 6.45) is 4.34. The van der Waals surface area contributed by atoms with Gasteiger partial charge in [-0.15, -0.1) is 0 Å². The van der Waals surface area contributed by atoms with Crippen LogP contribution in [0.15, 0.2) is 47.2 Å². The van der Waals surface area contributed by atoms with Crippen LogP contribution in [0.5, 0.6) is 0 Å². The van der Waals surface area contributed by atoms with E-state index in [4.69, 9.17) is 0 Å². The Hall–Kier alpha value is -1.26. The molecule has 4 heteroatoms. The van der Waals surface area contributed by atoms with Crippen LogP contribution in [0.4, 0.5) is 4.39 Å². The standard InChI is InChI=1S/C15H16BrFN2/c1-18-9-12(14-4-2-3-5-15(14)17)6-11-7-13(16)10-19-8-11/h2-5,7-8,10,12,18H,6,9H2,1H3. The van der Waals surface area contributed by atoms with Crippen molar-refractivity contribution in [3.8, 4) is 0 Å². The molecular weight excluding hydrogens is 307 g/mol. The van der Waals surface area contributed by atoms with Crippen LogP contribution in [0.1, 0.15) is 17.0 Å². The first-order valence-corrected chi connectivity index (χ1v) is 6.98. The minimum atomic E-state index is -0.147. The highest BCUT2D eigenvalue weighted by atomic mass is 79.9. The Balaban J connectivity index is 2.24. The molecule has 2 rings (SSSR count). The van der Waals surface area contributed by atoms with E-state index in [1.807, 2.05) is 31.4 Å². The molecule has 1 atom stereocenters. The second-order valence-corrected chi connectivity index (χ2v) is 5.41. The lowest BCUT2D eigenvalue weighted by molar-refractivity contribution is 0.556. The summed E-state index contributed by atoms with van der Waals surface area (Å²) < 4.78 is 14.8. The number of halogens is 2. The number of rotatable bonds is 5. The molecule has 2 nitrogen and oxygen atoms in total. The van der Waals surface area contributed by atoms with Crippen LogP contribution >= 0.6 is 15.9 Å². The van der Waals surface area contributed by atoms with E-state index < -0.39 is 0 Å². The van der Waals surface area contributed by atoms with Gasteiger partial charge in [-0.05, 0) is 52.7 Å². The van der Waals surface area contributed by atoms with Gasteiger partial charge in [0.05, 0.1) is 0 Å². The third-order valence-corrected chi connectivity index (χ3v) is 3.47. The number of nitrogens with zero attached hydrogens (tertiary/aromatic N) is 1. The van der Waals surface area contributed by atoms with E-state index in [-0.39, 0.29) is 11.7 Å². The zero-order valence-electron chi connectivity index (χ0n) is 10.7. The Morgan fingerprint density at radius 1 is 1.32 bits per heavy atom. The first kappa shape index (κ1) is 14.2. The molecule has 0 saturated heterocycles. The number of aromatic nitrogens is 1. The molecule has 0 amide bonds. The van der Waals surface area contributed by atoms with Gasteiger partial charge in [-0.3, -0.25) is 4.98 Å². The van der Waals surface area contributed by atoms with E-state index in [0.717, 1.165) is 28.6 Å². The highest BCUT2D eigenvalue weighted by Gasteiger charge is 2.15. The molecule has 0 aliphatic heterocycles. The van der Waals surface area contributed by atoms with Gasteiger partial charge in [0.25, 0.3) is 0 Å². The molecule has 1 aromatic heterocycles. The fourth-order valence-corrected chi connectivity index (χ4v) is 2.61. The van der Waals surface area contributed by atoms with Crippen molar-refractivity contribution in [2.45, 2.75) is 12.3 Å². The molecule has 1 unspecified atom stereocenters. The lowest BCUT2D eigenvalue weighted by atomic mass is 9.92. The molecule has 0 fully saturated rings. The van der Waals surface area contributed by atoms with E-state index in [9.17, 15) is 4.39 Å². The van der Waals surface area contributed by atoms with Crippen LogP contribution in [0.2, 0.25) is 0 Å². The normalized spacial score (nSPS) is 12.4. The van der Waals surface area contributed by atoms with Crippen LogP contribution in [0, 0.1) is 5.82 Å². The molecule has 100 valence electrons. The van der Waals surface area contributed by atoms with Crippen LogP contribution in [-0.4, -0.2) is 18.6 Å². The van der Waals surface area contributed by atoms with E-state index in [0.29, 0.717) is 0 Å². The van der Waals surface area contributed by atoms with Gasteiger partial charge in [-0.1, -0.05) is 18.2 Å². The van der Waals surface area contributed by atoms with Gasteiger partial charge in [0, 0.05) is 29.3 Å². The Labute approximate surface area is 121 Å². The molecule has 0 spiro atoms. The Morgan fingerprint density at radius 2 is 2.11 bits per heavy atom. The Morgan fingerprint density at radius 3 is 2.79 bits per heavy atom. The lowest BCUT2D eigenvalue weighted by Crippen LogP contribution is -2.20. The zero-order chi connectivity index (χ0) is 13.7. The van der Waals surface area contributed by atoms with Gasteiger partial charge < -0.3 is 5.32 Å². The number of hydrogen-bond donors (Lipinski definition) is 1. The topological polar surface area (TPSA) is 24.9 Å². The first-order valence-electron chi connectivity index (χ1n) is 6.19. The van der Waals surface area contributed by atoms with E-state index in [1.54, 1.807) is 12.3 Å². The minimum absolute atomic E-state index is 0.0994. The van der Waals surface area contributed by atoms with Gasteiger partial charge in [0.2, 0.25) is 0 Å². The van der Waals surface area contributed by atoms with Gasteiger partial charge in [0.1, 0.15) is 5.82 Å². The summed E-state index contributed by atoms with van der Waals surface area (Å²) in [4.78, 5) is 4.15. The molecular formula is C15H16BrFN2. The third-order valence-electron chi connectivity index (χ3n) is 3.04. The Kier molecular flexibility index (Phi) is 5.05. The van der Waals surface area contributed by atoms with Crippen molar-refractivity contribution in [1.82, 2.24) is 10.3 Å². The van der Waals surface area contributed by atoms with Gasteiger partial charge in [-0.25, -0.2) is 4.39 Å². The smallest absolute Gasteiger partial charge is 0.126 e. The van der Waals surface area contributed by atoms with Crippen molar-refractivity contribution in [3.63, 3.8) is 0 Å². The van der Waals surface area contributed by atoms with Crippen LogP contribution in [0.3, 0.4) is 0 Å². The van der Waals surface area contributed by atoms with E-state index >= 15 is 0 Å². The lowest BCUT2D eigenvalue weighted by Gasteiger charge is -2.17. The fraction of sp³-hybridized carbons (Fsp3) is 0.267. The quantitative estimate of drug-likeness (QED) is 0.910. The molecule has 0 saturated carbocycles. The summed E-state index contributed by atoms with van der Waals surface area (Å²) in [5, 5.41) is 3.13. The molecule has 0 bridgehead atoms. The molecule has 1 heterocycles. The zero-order valence-corrected chi connectivity index (χ0v) is 12.3. The number of pyridine rings is 1. The molecule has 2 aromatic rings. The predicted octanol–water partition coefficient (Wildman–Crippen LogP) is 3.53. The summed E-state index contributed by atoms with van der Waals surface area (Å²) in [6, 6.07) is 8.98. The first-order chi connectivity index (χ1) is 9.20. The van der Waals surface area contributed by atoms with Crippen molar-refractivity contribution >= 4 is 15.9 Å². The molecule has 1 N–H and O–H groups in total. The maximum absolute atomic E-state index is 13.9. The monoisotopic (exact) mass is 322 g/mol. The van der Waals surface area contributed by atoms with Crippen LogP contribution in [-0.2, 0) is 6.42 Å². The maximum Gasteiger partial charge on any atom is 0.126 e. The Bertz CT molecular complexity index is 545. The SMILES string of the molecule is CNCC(Cc1cncc(Br)c1)c1ccccc1F. The maximum atomic E-state index is 13.9. The predicted molar refractivity (Wildman–Crippen MR) is 78.7 cm³/mol. The van der Waals surface area contributed by atoms with E-state index in [2.05, 4.69) is 26.2 Å². The highest BCUT2D eigenvalue weighted by molar-refractivity contribution is 9.10. The molecule has 19 heavy (non-hydrogen) atoms. The number of likely N-dealkylation sites (N-methyl/N-ethyl adjacent to an activating group) is 1. The summed E-state index contributed by atoms with van der Waals surface area (Å²) in [6.45, 7) is 0.730. The van der Waals surface area contributed by atoms with Crippen molar-refractivity contribution in [1.29, 1.82) is 0 Å². The highest BCUT2D eigenvalue weighted by Crippen LogP contribution is 2.23. The summed E-state index contributed by atoms with van der Waals surface area (Å²) in [5.41, 5.74) is 1.84. The van der Waals surface area contributed by atoms with Crippen LogP contribution < -0.4 is 5.32 Å². The van der Waals surface area contributed by atoms with Gasteiger partial charge >= 0.3 is 0 Å². The number of hydrogen-bond acceptors (Lipinski definition) is 2. The van der Waals surface area contributed by atoms with Crippen molar-refractivity contribution in [3.05, 3.63) is 64.1 Å². The average molecular weight is 323 g/mol. The summed E-state index contributed by atoms with van der Waals surface area (Å²) >= 11 is 3.41. The summed E-state index contributed by atoms with van der Waals surface area (Å²) in [5.74, 6) is -0.0481. The van der Waals surface area contributed by atoms with Crippen molar-refractivity contribution < 1.29 is 4.39 Å². The fourth-order valence-electron chi connectivity index (χ4n) is 2.20. The number of benzene rings is 1. The van der Waals surface area contributed by atoms with Crippen LogP contribution in [0.25, 0.3) is 0 Å². The van der Waals surface area contributed by atoms with Gasteiger partial charge in [-0.2, -0.15) is 0 Å². The number of nitrogens with one attached hydrogen (secondary N) is 1. The third kappa shape index (κ3) is 3.85. The van der Waals surface area contributed by atoms with Crippen molar-refractivity contribution in [2.24, 2.45) is 0 Å². The second-order valence-electron chi connectivity index (χ2n) is 4.49. The molecule has 1 aromatic carbocycles. The molecule has 0 aliphatic carbocycles. The van der Waals surface area contributed by atoms with E-state index in [1.165, 1.54) is 6.07 Å². The summed E-state index contributed by atoms with van der Waals surface area (Å²) in [7, 11) is 1.88. The largest absolute Gasteiger partial charge is 0.319 e. The minimum Gasteiger partial charge on any atom is -0.319 e. The molecule has 0 aliphatic rings. The molecule has 0 radical (unpaired) electrons. The average Bonchev–Trinajstić information content (AvgIpc) is 2.39.